The summed E-state index contributed by atoms with van der Waals surface area (Å²) in [7, 11) is 0. The molecule has 19 heavy (non-hydrogen) atoms. The standard InChI is InChI=1S/C14H18F2N2S/c1-2-13(19)14(17)9-7-11(16)12(8-10(9)15)18-5-3-4-6-18/h7-8,19H,2-6,17H2,1H3/b14-13-. The highest BCUT2D eigenvalue weighted by atomic mass is 32.1. The minimum Gasteiger partial charge on any atom is -0.398 e. The lowest BCUT2D eigenvalue weighted by Gasteiger charge is -2.19. The highest BCUT2D eigenvalue weighted by molar-refractivity contribution is 7.84. The van der Waals surface area contributed by atoms with Gasteiger partial charge in [-0.3, -0.25) is 0 Å². The van der Waals surface area contributed by atoms with Gasteiger partial charge in [-0.2, -0.15) is 0 Å². The normalized spacial score (nSPS) is 16.7. The van der Waals surface area contributed by atoms with E-state index in [9.17, 15) is 8.78 Å². The molecular weight excluding hydrogens is 266 g/mol. The van der Waals surface area contributed by atoms with Crippen LogP contribution in [0, 0.1) is 11.6 Å². The molecule has 2 nitrogen and oxygen atoms in total. The Balaban J connectivity index is 2.42. The van der Waals surface area contributed by atoms with Crippen molar-refractivity contribution in [2.24, 2.45) is 5.73 Å². The van der Waals surface area contributed by atoms with E-state index in [4.69, 9.17) is 5.73 Å². The maximum atomic E-state index is 14.1. The minimum atomic E-state index is -0.499. The lowest BCUT2D eigenvalue weighted by molar-refractivity contribution is 0.593. The van der Waals surface area contributed by atoms with E-state index in [0.717, 1.165) is 25.9 Å². The number of halogens is 2. The van der Waals surface area contributed by atoms with Crippen molar-refractivity contribution >= 4 is 24.0 Å². The predicted molar refractivity (Wildman–Crippen MR) is 78.2 cm³/mol. The number of allylic oxidation sites excluding steroid dienone is 1. The zero-order valence-electron chi connectivity index (χ0n) is 10.9. The van der Waals surface area contributed by atoms with Gasteiger partial charge in [0.2, 0.25) is 0 Å². The molecule has 5 heteroatoms. The molecule has 0 bridgehead atoms. The number of nitrogens with zero attached hydrogens (tertiary/aromatic N) is 1. The van der Waals surface area contributed by atoms with Crippen molar-refractivity contribution in [3.63, 3.8) is 0 Å². The molecule has 104 valence electrons. The third kappa shape index (κ3) is 2.86. The maximum Gasteiger partial charge on any atom is 0.147 e. The van der Waals surface area contributed by atoms with Crippen LogP contribution in [-0.2, 0) is 0 Å². The zero-order chi connectivity index (χ0) is 14.0. The van der Waals surface area contributed by atoms with Crippen LogP contribution in [-0.4, -0.2) is 13.1 Å². The smallest absolute Gasteiger partial charge is 0.147 e. The van der Waals surface area contributed by atoms with Crippen LogP contribution in [0.3, 0.4) is 0 Å². The molecule has 1 heterocycles. The van der Waals surface area contributed by atoms with Gasteiger partial charge in [0.05, 0.1) is 11.4 Å². The highest BCUT2D eigenvalue weighted by Gasteiger charge is 2.19. The predicted octanol–water partition coefficient (Wildman–Crippen LogP) is 3.53. The van der Waals surface area contributed by atoms with E-state index in [0.29, 0.717) is 17.0 Å². The summed E-state index contributed by atoms with van der Waals surface area (Å²) in [6.45, 7) is 3.41. The Labute approximate surface area is 117 Å². The third-order valence-electron chi connectivity index (χ3n) is 3.42. The molecule has 0 aromatic heterocycles. The Morgan fingerprint density at radius 1 is 1.26 bits per heavy atom. The number of rotatable bonds is 3. The van der Waals surface area contributed by atoms with Crippen LogP contribution in [0.1, 0.15) is 31.7 Å². The van der Waals surface area contributed by atoms with Crippen molar-refractivity contribution in [2.75, 3.05) is 18.0 Å². The lowest BCUT2D eigenvalue weighted by Crippen LogP contribution is -2.19. The number of hydrogen-bond donors (Lipinski definition) is 2. The summed E-state index contributed by atoms with van der Waals surface area (Å²) in [6.07, 6.45) is 2.62. The molecule has 2 rings (SSSR count). The summed E-state index contributed by atoms with van der Waals surface area (Å²) in [5.74, 6) is -0.931. The first kappa shape index (κ1) is 14.2. The summed E-state index contributed by atoms with van der Waals surface area (Å²) in [4.78, 5) is 2.43. The summed E-state index contributed by atoms with van der Waals surface area (Å²) in [5, 5.41) is 0. The summed E-state index contributed by atoms with van der Waals surface area (Å²) >= 11 is 4.19. The van der Waals surface area contributed by atoms with Gasteiger partial charge < -0.3 is 10.6 Å². The quantitative estimate of drug-likeness (QED) is 0.831. The van der Waals surface area contributed by atoms with Crippen molar-refractivity contribution in [3.8, 4) is 0 Å². The van der Waals surface area contributed by atoms with Crippen LogP contribution >= 0.6 is 12.6 Å². The first-order valence-corrected chi connectivity index (χ1v) is 6.91. The van der Waals surface area contributed by atoms with Crippen LogP contribution in [0.2, 0.25) is 0 Å². The molecule has 0 unspecified atom stereocenters. The Bertz CT molecular complexity index is 508. The molecule has 0 aliphatic carbocycles. The Kier molecular flexibility index (Phi) is 4.34. The fourth-order valence-electron chi connectivity index (χ4n) is 2.29. The minimum absolute atomic E-state index is 0.0901. The molecule has 2 N–H and O–H groups in total. The molecule has 1 saturated heterocycles. The fraction of sp³-hybridized carbons (Fsp3) is 0.429. The number of benzene rings is 1. The number of nitrogens with two attached hydrogens (primary N) is 1. The number of thiol groups is 1. The summed E-state index contributed by atoms with van der Waals surface area (Å²) in [5.41, 5.74) is 6.42. The van der Waals surface area contributed by atoms with E-state index in [1.165, 1.54) is 12.1 Å². The largest absolute Gasteiger partial charge is 0.398 e. The monoisotopic (exact) mass is 284 g/mol. The molecule has 1 aliphatic rings. The molecule has 0 spiro atoms. The molecule has 0 radical (unpaired) electrons. The van der Waals surface area contributed by atoms with Crippen molar-refractivity contribution in [2.45, 2.75) is 26.2 Å². The molecular formula is C14H18F2N2S. The topological polar surface area (TPSA) is 29.3 Å². The van der Waals surface area contributed by atoms with E-state index in [1.807, 2.05) is 11.8 Å². The molecule has 1 aliphatic heterocycles. The van der Waals surface area contributed by atoms with Crippen molar-refractivity contribution in [1.82, 2.24) is 0 Å². The van der Waals surface area contributed by atoms with Crippen molar-refractivity contribution < 1.29 is 8.78 Å². The van der Waals surface area contributed by atoms with Crippen molar-refractivity contribution in [3.05, 3.63) is 34.2 Å². The van der Waals surface area contributed by atoms with E-state index in [1.54, 1.807) is 0 Å². The van der Waals surface area contributed by atoms with Gasteiger partial charge in [-0.05, 0) is 25.3 Å². The number of anilines is 1. The Hall–Kier alpha value is -1.23. The molecule has 1 fully saturated rings. The lowest BCUT2D eigenvalue weighted by atomic mass is 10.1. The summed E-state index contributed by atoms with van der Waals surface area (Å²) < 4.78 is 28.2. The molecule has 1 aromatic carbocycles. The number of hydrogen-bond acceptors (Lipinski definition) is 3. The second-order valence-corrected chi connectivity index (χ2v) is 5.23. The summed E-state index contributed by atoms with van der Waals surface area (Å²) in [6, 6.07) is 2.41. The molecule has 1 aromatic rings. The second-order valence-electron chi connectivity index (χ2n) is 4.69. The van der Waals surface area contributed by atoms with E-state index in [2.05, 4.69) is 12.6 Å². The molecule has 0 saturated carbocycles. The maximum absolute atomic E-state index is 14.1. The van der Waals surface area contributed by atoms with Crippen LogP contribution in [0.15, 0.2) is 17.0 Å². The van der Waals surface area contributed by atoms with Gasteiger partial charge in [-0.25, -0.2) is 8.78 Å². The third-order valence-corrected chi connectivity index (χ3v) is 3.98. The highest BCUT2D eigenvalue weighted by Crippen LogP contribution is 2.29. The van der Waals surface area contributed by atoms with Gasteiger partial charge >= 0.3 is 0 Å². The zero-order valence-corrected chi connectivity index (χ0v) is 11.8. The second kappa shape index (κ2) is 5.82. The van der Waals surface area contributed by atoms with Crippen molar-refractivity contribution in [1.29, 1.82) is 0 Å². The van der Waals surface area contributed by atoms with Gasteiger partial charge in [0, 0.05) is 29.6 Å². The average molecular weight is 284 g/mol. The Morgan fingerprint density at radius 2 is 1.89 bits per heavy atom. The first-order valence-electron chi connectivity index (χ1n) is 6.46. The van der Waals surface area contributed by atoms with Gasteiger partial charge in [0.15, 0.2) is 0 Å². The van der Waals surface area contributed by atoms with Crippen LogP contribution < -0.4 is 10.6 Å². The fourth-order valence-corrected chi connectivity index (χ4v) is 2.41. The van der Waals surface area contributed by atoms with Gasteiger partial charge in [-0.15, -0.1) is 12.6 Å². The van der Waals surface area contributed by atoms with Crippen LogP contribution in [0.5, 0.6) is 0 Å². The van der Waals surface area contributed by atoms with Crippen LogP contribution in [0.25, 0.3) is 5.70 Å². The Morgan fingerprint density at radius 3 is 2.47 bits per heavy atom. The average Bonchev–Trinajstić information content (AvgIpc) is 2.93. The molecule has 0 amide bonds. The van der Waals surface area contributed by atoms with Gasteiger partial charge in [0.1, 0.15) is 11.6 Å². The van der Waals surface area contributed by atoms with Crippen LogP contribution in [0.4, 0.5) is 14.5 Å². The van der Waals surface area contributed by atoms with E-state index < -0.39 is 11.6 Å². The van der Waals surface area contributed by atoms with E-state index in [-0.39, 0.29) is 11.3 Å². The van der Waals surface area contributed by atoms with Gasteiger partial charge in [-0.1, -0.05) is 6.92 Å². The first-order chi connectivity index (χ1) is 9.04. The molecule has 0 atom stereocenters. The van der Waals surface area contributed by atoms with Gasteiger partial charge in [0.25, 0.3) is 0 Å². The van der Waals surface area contributed by atoms with E-state index >= 15 is 0 Å². The SMILES string of the molecule is CC/C(S)=C(/N)c1cc(F)c(N2CCCC2)cc1F.